The van der Waals surface area contributed by atoms with Crippen molar-refractivity contribution in [2.24, 2.45) is 17.6 Å². The van der Waals surface area contributed by atoms with Crippen molar-refractivity contribution in [1.29, 1.82) is 0 Å². The fourth-order valence-electron chi connectivity index (χ4n) is 1.60. The van der Waals surface area contributed by atoms with Gasteiger partial charge in [0.15, 0.2) is 0 Å². The Kier molecular flexibility index (Phi) is 3.34. The second-order valence-corrected chi connectivity index (χ2v) is 3.62. The van der Waals surface area contributed by atoms with Gasteiger partial charge in [0, 0.05) is 6.61 Å². The predicted octanol–water partition coefficient (Wildman–Crippen LogP) is 1.40. The molecular formula is C9H19NO. The molecule has 1 saturated heterocycles. The van der Waals surface area contributed by atoms with Crippen LogP contribution in [0, 0.1) is 11.8 Å². The van der Waals surface area contributed by atoms with E-state index in [9.17, 15) is 0 Å². The third kappa shape index (κ3) is 2.17. The molecular weight excluding hydrogens is 138 g/mol. The van der Waals surface area contributed by atoms with Crippen LogP contribution >= 0.6 is 0 Å². The lowest BCUT2D eigenvalue weighted by Crippen LogP contribution is -2.28. The molecule has 0 amide bonds. The van der Waals surface area contributed by atoms with Crippen molar-refractivity contribution >= 4 is 0 Å². The summed E-state index contributed by atoms with van der Waals surface area (Å²) in [7, 11) is 0. The van der Waals surface area contributed by atoms with E-state index in [1.54, 1.807) is 0 Å². The molecule has 1 aliphatic rings. The zero-order valence-corrected chi connectivity index (χ0v) is 7.55. The second kappa shape index (κ2) is 4.07. The Bertz CT molecular complexity index is 110. The third-order valence-electron chi connectivity index (χ3n) is 2.82. The molecule has 0 aliphatic carbocycles. The molecule has 0 aromatic rings. The standard InChI is InChI=1S/C9H19NO/c1-7(6-10)8(2)9-4-3-5-11-9/h7-9H,3-6,10H2,1-2H3. The first-order valence-corrected chi connectivity index (χ1v) is 4.57. The van der Waals surface area contributed by atoms with E-state index in [0.717, 1.165) is 13.2 Å². The highest BCUT2D eigenvalue weighted by molar-refractivity contribution is 4.75. The summed E-state index contributed by atoms with van der Waals surface area (Å²) in [6, 6.07) is 0. The first-order valence-electron chi connectivity index (χ1n) is 4.57. The van der Waals surface area contributed by atoms with E-state index in [-0.39, 0.29) is 0 Å². The van der Waals surface area contributed by atoms with Gasteiger partial charge in [-0.3, -0.25) is 0 Å². The van der Waals surface area contributed by atoms with Gasteiger partial charge >= 0.3 is 0 Å². The van der Waals surface area contributed by atoms with Crippen LogP contribution in [0.3, 0.4) is 0 Å². The maximum atomic E-state index is 5.59. The van der Waals surface area contributed by atoms with Gasteiger partial charge in [-0.25, -0.2) is 0 Å². The second-order valence-electron chi connectivity index (χ2n) is 3.62. The molecule has 1 fully saturated rings. The van der Waals surface area contributed by atoms with Crippen LogP contribution in [-0.4, -0.2) is 19.3 Å². The summed E-state index contributed by atoms with van der Waals surface area (Å²) in [5, 5.41) is 0. The monoisotopic (exact) mass is 157 g/mol. The highest BCUT2D eigenvalue weighted by Crippen LogP contribution is 2.25. The summed E-state index contributed by atoms with van der Waals surface area (Å²) >= 11 is 0. The molecule has 1 rings (SSSR count). The van der Waals surface area contributed by atoms with Gasteiger partial charge in [-0.05, 0) is 31.2 Å². The van der Waals surface area contributed by atoms with Crippen molar-refractivity contribution in [1.82, 2.24) is 0 Å². The Labute approximate surface area is 69.1 Å². The summed E-state index contributed by atoms with van der Waals surface area (Å²) in [4.78, 5) is 0. The zero-order valence-electron chi connectivity index (χ0n) is 7.55. The maximum Gasteiger partial charge on any atom is 0.0604 e. The SMILES string of the molecule is CC(CN)C(C)C1CCCO1. The van der Waals surface area contributed by atoms with E-state index in [4.69, 9.17) is 10.5 Å². The van der Waals surface area contributed by atoms with Crippen LogP contribution in [0.25, 0.3) is 0 Å². The van der Waals surface area contributed by atoms with Crippen LogP contribution in [0.5, 0.6) is 0 Å². The smallest absolute Gasteiger partial charge is 0.0604 e. The molecule has 0 saturated carbocycles. The van der Waals surface area contributed by atoms with Gasteiger partial charge in [0.2, 0.25) is 0 Å². The van der Waals surface area contributed by atoms with E-state index in [1.807, 2.05) is 0 Å². The molecule has 0 aromatic carbocycles. The minimum Gasteiger partial charge on any atom is -0.378 e. The zero-order chi connectivity index (χ0) is 8.27. The molecule has 3 unspecified atom stereocenters. The van der Waals surface area contributed by atoms with Gasteiger partial charge in [-0.2, -0.15) is 0 Å². The van der Waals surface area contributed by atoms with Crippen LogP contribution in [0.4, 0.5) is 0 Å². The molecule has 1 aliphatic heterocycles. The lowest BCUT2D eigenvalue weighted by Gasteiger charge is -2.23. The highest BCUT2D eigenvalue weighted by Gasteiger charge is 2.25. The highest BCUT2D eigenvalue weighted by atomic mass is 16.5. The summed E-state index contributed by atoms with van der Waals surface area (Å²) in [5.41, 5.74) is 5.59. The summed E-state index contributed by atoms with van der Waals surface area (Å²) in [6.45, 7) is 6.17. The molecule has 3 atom stereocenters. The molecule has 11 heavy (non-hydrogen) atoms. The molecule has 2 nitrogen and oxygen atoms in total. The van der Waals surface area contributed by atoms with E-state index in [1.165, 1.54) is 12.8 Å². The Balaban J connectivity index is 2.32. The Morgan fingerprint density at radius 1 is 1.55 bits per heavy atom. The molecule has 0 spiro atoms. The van der Waals surface area contributed by atoms with Crippen molar-refractivity contribution in [2.45, 2.75) is 32.8 Å². The summed E-state index contributed by atoms with van der Waals surface area (Å²) in [6.07, 6.45) is 2.94. The molecule has 0 radical (unpaired) electrons. The van der Waals surface area contributed by atoms with E-state index >= 15 is 0 Å². The number of ether oxygens (including phenoxy) is 1. The fourth-order valence-corrected chi connectivity index (χ4v) is 1.60. The van der Waals surface area contributed by atoms with Crippen molar-refractivity contribution < 1.29 is 4.74 Å². The number of rotatable bonds is 3. The van der Waals surface area contributed by atoms with Crippen molar-refractivity contribution in [3.63, 3.8) is 0 Å². The molecule has 0 bridgehead atoms. The summed E-state index contributed by atoms with van der Waals surface area (Å²) < 4.78 is 5.58. The molecule has 1 heterocycles. The molecule has 2 heteroatoms. The Morgan fingerprint density at radius 3 is 2.73 bits per heavy atom. The minimum absolute atomic E-state index is 0.480. The summed E-state index contributed by atoms with van der Waals surface area (Å²) in [5.74, 6) is 1.22. The van der Waals surface area contributed by atoms with Gasteiger partial charge in [0.25, 0.3) is 0 Å². The largest absolute Gasteiger partial charge is 0.378 e. The normalized spacial score (nSPS) is 30.3. The van der Waals surface area contributed by atoms with Crippen LogP contribution in [0.2, 0.25) is 0 Å². The van der Waals surface area contributed by atoms with Gasteiger partial charge in [0.1, 0.15) is 0 Å². The van der Waals surface area contributed by atoms with E-state index in [2.05, 4.69) is 13.8 Å². The molecule has 2 N–H and O–H groups in total. The topological polar surface area (TPSA) is 35.2 Å². The van der Waals surface area contributed by atoms with Crippen LogP contribution in [0.15, 0.2) is 0 Å². The quantitative estimate of drug-likeness (QED) is 0.672. The molecule has 0 aromatic heterocycles. The van der Waals surface area contributed by atoms with Crippen LogP contribution in [-0.2, 0) is 4.74 Å². The van der Waals surface area contributed by atoms with Crippen molar-refractivity contribution in [3.05, 3.63) is 0 Å². The van der Waals surface area contributed by atoms with Gasteiger partial charge in [-0.1, -0.05) is 13.8 Å². The van der Waals surface area contributed by atoms with Gasteiger partial charge in [0.05, 0.1) is 6.10 Å². The number of hydrogen-bond acceptors (Lipinski definition) is 2. The lowest BCUT2D eigenvalue weighted by atomic mass is 9.89. The fraction of sp³-hybridized carbons (Fsp3) is 1.00. The first-order chi connectivity index (χ1) is 5.25. The van der Waals surface area contributed by atoms with E-state index < -0.39 is 0 Å². The van der Waals surface area contributed by atoms with Crippen molar-refractivity contribution in [3.8, 4) is 0 Å². The average Bonchev–Trinajstić information content (AvgIpc) is 2.53. The average molecular weight is 157 g/mol. The predicted molar refractivity (Wildman–Crippen MR) is 46.4 cm³/mol. The van der Waals surface area contributed by atoms with Crippen molar-refractivity contribution in [2.75, 3.05) is 13.2 Å². The Morgan fingerprint density at radius 2 is 2.27 bits per heavy atom. The first kappa shape index (κ1) is 9.01. The van der Waals surface area contributed by atoms with Crippen LogP contribution in [0.1, 0.15) is 26.7 Å². The Hall–Kier alpha value is -0.0800. The lowest BCUT2D eigenvalue weighted by molar-refractivity contribution is 0.0506. The van der Waals surface area contributed by atoms with Crippen LogP contribution < -0.4 is 5.73 Å². The minimum atomic E-state index is 0.480. The third-order valence-corrected chi connectivity index (χ3v) is 2.82. The molecule has 66 valence electrons. The maximum absolute atomic E-state index is 5.59. The van der Waals surface area contributed by atoms with Gasteiger partial charge in [-0.15, -0.1) is 0 Å². The number of nitrogens with two attached hydrogens (primary N) is 1. The number of hydrogen-bond donors (Lipinski definition) is 1. The van der Waals surface area contributed by atoms with E-state index in [0.29, 0.717) is 17.9 Å². The van der Waals surface area contributed by atoms with Gasteiger partial charge < -0.3 is 10.5 Å².